The fourth-order valence-electron chi connectivity index (χ4n) is 1.74. The molecule has 0 amide bonds. The summed E-state index contributed by atoms with van der Waals surface area (Å²) in [5.41, 5.74) is 7.70. The summed E-state index contributed by atoms with van der Waals surface area (Å²) in [6.07, 6.45) is 0. The summed E-state index contributed by atoms with van der Waals surface area (Å²) in [5.74, 6) is 0. The summed E-state index contributed by atoms with van der Waals surface area (Å²) in [7, 11) is 2.07. The number of hydrogen-bond acceptors (Lipinski definition) is 3. The van der Waals surface area contributed by atoms with Gasteiger partial charge in [-0.15, -0.1) is 11.3 Å². The van der Waals surface area contributed by atoms with Gasteiger partial charge in [0.1, 0.15) is 0 Å². The molecule has 1 heterocycles. The molecule has 2 aromatic rings. The molecule has 1 aromatic carbocycles. The van der Waals surface area contributed by atoms with E-state index in [1.807, 2.05) is 18.2 Å². The lowest BCUT2D eigenvalue weighted by Crippen LogP contribution is -2.17. The Kier molecular flexibility index (Phi) is 4.05. The number of hydrogen-bond donors (Lipinski definition) is 1. The minimum absolute atomic E-state index is 0.739. The summed E-state index contributed by atoms with van der Waals surface area (Å²) in [6.45, 7) is 1.69. The van der Waals surface area contributed by atoms with Crippen molar-refractivity contribution in [3.05, 3.63) is 51.2 Å². The summed E-state index contributed by atoms with van der Waals surface area (Å²) >= 11 is 7.92. The highest BCUT2D eigenvalue weighted by Gasteiger charge is 2.08. The highest BCUT2D eigenvalue weighted by Crippen LogP contribution is 2.24. The molecule has 90 valence electrons. The van der Waals surface area contributed by atoms with Crippen molar-refractivity contribution in [3.8, 4) is 0 Å². The molecule has 0 radical (unpaired) electrons. The first-order valence-corrected chi connectivity index (χ1v) is 6.66. The largest absolute Gasteiger partial charge is 0.398 e. The normalized spacial score (nSPS) is 11.0. The molecule has 4 heteroatoms. The Bertz CT molecular complexity index is 462. The minimum Gasteiger partial charge on any atom is -0.398 e. The Morgan fingerprint density at radius 2 is 2.06 bits per heavy atom. The summed E-state index contributed by atoms with van der Waals surface area (Å²) < 4.78 is 0. The molecule has 0 atom stereocenters. The Morgan fingerprint density at radius 1 is 1.24 bits per heavy atom. The molecular formula is C13H15ClN2S. The van der Waals surface area contributed by atoms with Crippen molar-refractivity contribution in [1.82, 2.24) is 4.90 Å². The van der Waals surface area contributed by atoms with Gasteiger partial charge in [-0.25, -0.2) is 0 Å². The third kappa shape index (κ3) is 3.22. The minimum atomic E-state index is 0.739. The molecule has 0 spiro atoms. The average Bonchev–Trinajstić information content (AvgIpc) is 2.76. The number of anilines is 1. The number of nitrogen functional groups attached to an aromatic ring is 1. The van der Waals surface area contributed by atoms with E-state index >= 15 is 0 Å². The van der Waals surface area contributed by atoms with Gasteiger partial charge in [-0.2, -0.15) is 0 Å². The van der Waals surface area contributed by atoms with Crippen LogP contribution in [0.3, 0.4) is 0 Å². The van der Waals surface area contributed by atoms with E-state index < -0.39 is 0 Å². The molecule has 1 aromatic heterocycles. The smallest absolute Gasteiger partial charge is 0.0471 e. The standard InChI is InChI=1S/C13H15ClN2S/c1-16(8-10-4-3-7-17-10)9-11-12(14)5-2-6-13(11)15/h2-7H,8-9,15H2,1H3. The van der Waals surface area contributed by atoms with Crippen molar-refractivity contribution < 1.29 is 0 Å². The molecule has 0 saturated heterocycles. The number of nitrogens with zero attached hydrogens (tertiary/aromatic N) is 1. The van der Waals surface area contributed by atoms with Crippen LogP contribution in [0.1, 0.15) is 10.4 Å². The van der Waals surface area contributed by atoms with Gasteiger partial charge in [0.25, 0.3) is 0 Å². The van der Waals surface area contributed by atoms with Gasteiger partial charge in [-0.05, 0) is 30.6 Å². The molecule has 2 nitrogen and oxygen atoms in total. The monoisotopic (exact) mass is 266 g/mol. The average molecular weight is 267 g/mol. The van der Waals surface area contributed by atoms with Gasteiger partial charge in [0.2, 0.25) is 0 Å². The van der Waals surface area contributed by atoms with E-state index in [0.717, 1.165) is 29.4 Å². The second kappa shape index (κ2) is 5.54. The molecule has 0 saturated carbocycles. The maximum Gasteiger partial charge on any atom is 0.0471 e. The predicted molar refractivity (Wildman–Crippen MR) is 75.4 cm³/mol. The fourth-order valence-corrected chi connectivity index (χ4v) is 2.76. The van der Waals surface area contributed by atoms with E-state index in [9.17, 15) is 0 Å². The Morgan fingerprint density at radius 3 is 2.71 bits per heavy atom. The molecule has 0 aliphatic rings. The summed E-state index contributed by atoms with van der Waals surface area (Å²) in [6, 6.07) is 9.85. The lowest BCUT2D eigenvalue weighted by Gasteiger charge is -2.17. The van der Waals surface area contributed by atoms with E-state index in [1.54, 1.807) is 11.3 Å². The van der Waals surface area contributed by atoms with Crippen molar-refractivity contribution in [2.75, 3.05) is 12.8 Å². The first-order chi connectivity index (χ1) is 8.16. The lowest BCUT2D eigenvalue weighted by molar-refractivity contribution is 0.322. The molecule has 0 bridgehead atoms. The zero-order chi connectivity index (χ0) is 12.3. The van der Waals surface area contributed by atoms with Crippen LogP contribution in [-0.2, 0) is 13.1 Å². The lowest BCUT2D eigenvalue weighted by atomic mass is 10.1. The Labute approximate surface area is 111 Å². The van der Waals surface area contributed by atoms with Crippen molar-refractivity contribution in [2.24, 2.45) is 0 Å². The fraction of sp³-hybridized carbons (Fsp3) is 0.231. The van der Waals surface area contributed by atoms with Gasteiger partial charge >= 0.3 is 0 Å². The maximum absolute atomic E-state index is 6.15. The van der Waals surface area contributed by atoms with Crippen LogP contribution in [0.15, 0.2) is 35.7 Å². The molecule has 2 N–H and O–H groups in total. The van der Waals surface area contributed by atoms with Gasteiger partial charge in [-0.1, -0.05) is 23.7 Å². The third-order valence-corrected chi connectivity index (χ3v) is 3.80. The van der Waals surface area contributed by atoms with Gasteiger partial charge in [-0.3, -0.25) is 4.90 Å². The SMILES string of the molecule is CN(Cc1cccs1)Cc1c(N)cccc1Cl. The van der Waals surface area contributed by atoms with Crippen molar-refractivity contribution in [2.45, 2.75) is 13.1 Å². The molecule has 0 unspecified atom stereocenters. The highest BCUT2D eigenvalue weighted by molar-refractivity contribution is 7.09. The van der Waals surface area contributed by atoms with Gasteiger partial charge < -0.3 is 5.73 Å². The van der Waals surface area contributed by atoms with Crippen molar-refractivity contribution >= 4 is 28.6 Å². The number of benzene rings is 1. The van der Waals surface area contributed by atoms with Crippen LogP contribution < -0.4 is 5.73 Å². The van der Waals surface area contributed by atoms with Gasteiger partial charge in [0.15, 0.2) is 0 Å². The Hall–Kier alpha value is -1.03. The van der Waals surface area contributed by atoms with Gasteiger partial charge in [0, 0.05) is 34.2 Å². The molecule has 0 aliphatic heterocycles. The molecule has 2 rings (SSSR count). The van der Waals surface area contributed by atoms with Crippen molar-refractivity contribution in [3.63, 3.8) is 0 Å². The maximum atomic E-state index is 6.15. The molecule has 17 heavy (non-hydrogen) atoms. The summed E-state index contributed by atoms with van der Waals surface area (Å²) in [5, 5.41) is 2.83. The van der Waals surface area contributed by atoms with E-state index in [0.29, 0.717) is 0 Å². The highest BCUT2D eigenvalue weighted by atomic mass is 35.5. The second-order valence-electron chi connectivity index (χ2n) is 4.06. The van der Waals surface area contributed by atoms with E-state index in [2.05, 4.69) is 29.5 Å². The molecule has 0 aliphatic carbocycles. The van der Waals surface area contributed by atoms with E-state index in [-0.39, 0.29) is 0 Å². The zero-order valence-corrected chi connectivity index (χ0v) is 11.3. The first kappa shape index (κ1) is 12.4. The first-order valence-electron chi connectivity index (χ1n) is 5.40. The van der Waals surface area contributed by atoms with Crippen LogP contribution >= 0.6 is 22.9 Å². The van der Waals surface area contributed by atoms with Crippen LogP contribution in [0.25, 0.3) is 0 Å². The second-order valence-corrected chi connectivity index (χ2v) is 5.50. The van der Waals surface area contributed by atoms with Gasteiger partial charge in [0.05, 0.1) is 0 Å². The van der Waals surface area contributed by atoms with Crippen molar-refractivity contribution in [1.29, 1.82) is 0 Å². The molecule has 0 fully saturated rings. The Balaban J connectivity index is 2.05. The topological polar surface area (TPSA) is 29.3 Å². The van der Waals surface area contributed by atoms with E-state index in [1.165, 1.54) is 4.88 Å². The summed E-state index contributed by atoms with van der Waals surface area (Å²) in [4.78, 5) is 3.56. The number of halogens is 1. The number of rotatable bonds is 4. The number of thiophene rings is 1. The zero-order valence-electron chi connectivity index (χ0n) is 9.69. The predicted octanol–water partition coefficient (Wildman–Crippen LogP) is 3.62. The van der Waals surface area contributed by atoms with Crippen LogP contribution in [0, 0.1) is 0 Å². The van der Waals surface area contributed by atoms with Crippen LogP contribution in [0.2, 0.25) is 5.02 Å². The van der Waals surface area contributed by atoms with Crippen LogP contribution in [-0.4, -0.2) is 11.9 Å². The number of nitrogens with two attached hydrogens (primary N) is 1. The van der Waals surface area contributed by atoms with E-state index in [4.69, 9.17) is 17.3 Å². The third-order valence-electron chi connectivity index (χ3n) is 2.59. The molecular weight excluding hydrogens is 252 g/mol. The van der Waals surface area contributed by atoms with Crippen LogP contribution in [0.5, 0.6) is 0 Å². The van der Waals surface area contributed by atoms with Crippen LogP contribution in [0.4, 0.5) is 5.69 Å². The quantitative estimate of drug-likeness (QED) is 0.857.